The molecule has 33 heavy (non-hydrogen) atoms. The number of thiophene rings is 1. The molecule has 0 atom stereocenters. The van der Waals surface area contributed by atoms with Crippen molar-refractivity contribution < 1.29 is 9.13 Å². The minimum absolute atomic E-state index is 0.0772. The fourth-order valence-corrected chi connectivity index (χ4v) is 5.14. The molecule has 0 amide bonds. The second kappa shape index (κ2) is 8.88. The molecule has 2 aromatic carbocycles. The van der Waals surface area contributed by atoms with Gasteiger partial charge in [-0.1, -0.05) is 18.2 Å². The van der Waals surface area contributed by atoms with E-state index in [2.05, 4.69) is 42.0 Å². The molecular weight excluding hydrogens is 457 g/mol. The van der Waals surface area contributed by atoms with Crippen LogP contribution in [-0.2, 0) is 13.2 Å². The van der Waals surface area contributed by atoms with Crippen LogP contribution in [0.4, 0.5) is 4.39 Å². The lowest BCUT2D eigenvalue weighted by Crippen LogP contribution is -2.21. The lowest BCUT2D eigenvalue weighted by Gasteiger charge is -2.06. The van der Waals surface area contributed by atoms with E-state index in [0.717, 1.165) is 26.7 Å². The second-order valence-corrected chi connectivity index (χ2v) is 9.58. The molecule has 0 radical (unpaired) electrons. The first kappa shape index (κ1) is 21.5. The minimum atomic E-state index is -0.304. The molecule has 0 bridgehead atoms. The smallest absolute Gasteiger partial charge is 0.263 e. The molecule has 0 fully saturated rings. The Hall–Kier alpha value is -3.36. The van der Waals surface area contributed by atoms with Crippen molar-refractivity contribution in [3.63, 3.8) is 0 Å². The van der Waals surface area contributed by atoms with Crippen LogP contribution in [-0.4, -0.2) is 14.5 Å². The topological polar surface area (TPSA) is 57.0 Å². The number of aromatic nitrogens is 3. The first-order valence-electron chi connectivity index (χ1n) is 10.3. The molecule has 0 spiro atoms. The van der Waals surface area contributed by atoms with Gasteiger partial charge in [0.05, 0.1) is 24.0 Å². The first-order valence-corrected chi connectivity index (χ1v) is 12.1. The standard InChI is InChI=1S/C25H20FN3O2S2/c1-15-3-4-17(9-16(15)2)21-13-33-24-23(21)25(30)29(14-27-24)10-19-12-32-22(28-19)11-31-20-7-5-18(26)6-8-20/h3-9,12-14H,10-11H2,1-2H3. The minimum Gasteiger partial charge on any atom is -0.486 e. The Bertz CT molecular complexity index is 1500. The highest BCUT2D eigenvalue weighted by atomic mass is 32.1. The number of hydrogen-bond acceptors (Lipinski definition) is 6. The fraction of sp³-hybridized carbons (Fsp3) is 0.160. The van der Waals surface area contributed by atoms with Gasteiger partial charge >= 0.3 is 0 Å². The van der Waals surface area contributed by atoms with Crippen molar-refractivity contribution in [3.05, 3.63) is 97.6 Å². The highest BCUT2D eigenvalue weighted by Crippen LogP contribution is 2.31. The van der Waals surface area contributed by atoms with Crippen LogP contribution >= 0.6 is 22.7 Å². The summed E-state index contributed by atoms with van der Waals surface area (Å²) in [4.78, 5) is 23.2. The zero-order valence-corrected chi connectivity index (χ0v) is 19.7. The third-order valence-electron chi connectivity index (χ3n) is 5.49. The van der Waals surface area contributed by atoms with Gasteiger partial charge in [0, 0.05) is 16.3 Å². The largest absolute Gasteiger partial charge is 0.486 e. The Balaban J connectivity index is 1.38. The van der Waals surface area contributed by atoms with Crippen LogP contribution in [0.25, 0.3) is 21.3 Å². The van der Waals surface area contributed by atoms with E-state index in [1.807, 2.05) is 10.8 Å². The summed E-state index contributed by atoms with van der Waals surface area (Å²) in [5.74, 6) is 0.275. The molecule has 0 saturated heterocycles. The Morgan fingerprint density at radius 2 is 1.85 bits per heavy atom. The van der Waals surface area contributed by atoms with Crippen molar-refractivity contribution in [2.24, 2.45) is 0 Å². The molecule has 5 rings (SSSR count). The molecule has 166 valence electrons. The number of thiazole rings is 1. The normalized spacial score (nSPS) is 11.2. The molecule has 5 nitrogen and oxygen atoms in total. The summed E-state index contributed by atoms with van der Waals surface area (Å²) in [6, 6.07) is 12.1. The summed E-state index contributed by atoms with van der Waals surface area (Å²) >= 11 is 2.94. The summed E-state index contributed by atoms with van der Waals surface area (Å²) in [6.07, 6.45) is 1.58. The van der Waals surface area contributed by atoms with Gasteiger partial charge in [0.15, 0.2) is 0 Å². The van der Waals surface area contributed by atoms with E-state index in [1.54, 1.807) is 23.0 Å². The van der Waals surface area contributed by atoms with Crippen molar-refractivity contribution in [2.75, 3.05) is 0 Å². The fourth-order valence-electron chi connectivity index (χ4n) is 3.54. The first-order chi connectivity index (χ1) is 16.0. The summed E-state index contributed by atoms with van der Waals surface area (Å²) in [7, 11) is 0. The second-order valence-electron chi connectivity index (χ2n) is 7.78. The van der Waals surface area contributed by atoms with E-state index in [9.17, 15) is 9.18 Å². The predicted molar refractivity (Wildman–Crippen MR) is 131 cm³/mol. The van der Waals surface area contributed by atoms with Gasteiger partial charge in [-0.05, 0) is 54.8 Å². The molecule has 0 aliphatic rings. The zero-order valence-electron chi connectivity index (χ0n) is 18.0. The molecule has 0 unspecified atom stereocenters. The number of rotatable bonds is 6. The van der Waals surface area contributed by atoms with E-state index in [1.165, 1.54) is 45.9 Å². The zero-order chi connectivity index (χ0) is 22.9. The van der Waals surface area contributed by atoms with Crippen molar-refractivity contribution in [3.8, 4) is 16.9 Å². The van der Waals surface area contributed by atoms with Crippen LogP contribution in [0.3, 0.4) is 0 Å². The van der Waals surface area contributed by atoms with E-state index in [0.29, 0.717) is 17.7 Å². The maximum absolute atomic E-state index is 13.3. The molecule has 8 heteroatoms. The van der Waals surface area contributed by atoms with E-state index in [-0.39, 0.29) is 18.0 Å². The van der Waals surface area contributed by atoms with Crippen LogP contribution in [0.1, 0.15) is 21.8 Å². The molecule has 0 aliphatic heterocycles. The van der Waals surface area contributed by atoms with Gasteiger partial charge in [0.25, 0.3) is 5.56 Å². The predicted octanol–water partition coefficient (Wildman–Crippen LogP) is 5.96. The van der Waals surface area contributed by atoms with Gasteiger partial charge in [-0.15, -0.1) is 22.7 Å². The SMILES string of the molecule is Cc1ccc(-c2csc3ncn(Cc4csc(COc5ccc(F)cc5)n4)c(=O)c23)cc1C. The van der Waals surface area contributed by atoms with E-state index < -0.39 is 0 Å². The number of nitrogens with zero attached hydrogens (tertiary/aromatic N) is 3. The van der Waals surface area contributed by atoms with Gasteiger partial charge < -0.3 is 4.74 Å². The van der Waals surface area contributed by atoms with Crippen LogP contribution in [0.15, 0.2) is 64.3 Å². The average molecular weight is 478 g/mol. The number of benzene rings is 2. The van der Waals surface area contributed by atoms with E-state index >= 15 is 0 Å². The Kier molecular flexibility index (Phi) is 5.78. The number of ether oxygens (including phenoxy) is 1. The number of aryl methyl sites for hydroxylation is 2. The lowest BCUT2D eigenvalue weighted by atomic mass is 10.0. The highest BCUT2D eigenvalue weighted by Gasteiger charge is 2.15. The van der Waals surface area contributed by atoms with Gasteiger partial charge in [-0.25, -0.2) is 14.4 Å². The molecule has 5 aromatic rings. The number of hydrogen-bond donors (Lipinski definition) is 0. The van der Waals surface area contributed by atoms with Crippen molar-refractivity contribution >= 4 is 32.9 Å². The quantitative estimate of drug-likeness (QED) is 0.303. The van der Waals surface area contributed by atoms with Gasteiger partial charge in [-0.3, -0.25) is 9.36 Å². The summed E-state index contributed by atoms with van der Waals surface area (Å²) in [5, 5.41) is 5.34. The van der Waals surface area contributed by atoms with Crippen LogP contribution in [0, 0.1) is 19.7 Å². The third kappa shape index (κ3) is 4.44. The van der Waals surface area contributed by atoms with Crippen molar-refractivity contribution in [1.82, 2.24) is 14.5 Å². The van der Waals surface area contributed by atoms with E-state index in [4.69, 9.17) is 4.74 Å². The highest BCUT2D eigenvalue weighted by molar-refractivity contribution is 7.17. The van der Waals surface area contributed by atoms with Crippen molar-refractivity contribution in [1.29, 1.82) is 0 Å². The molecule has 0 saturated carbocycles. The molecule has 3 aromatic heterocycles. The number of halogens is 1. The lowest BCUT2D eigenvalue weighted by molar-refractivity contribution is 0.305. The van der Waals surface area contributed by atoms with Gasteiger partial charge in [0.2, 0.25) is 0 Å². The molecule has 0 aliphatic carbocycles. The third-order valence-corrected chi connectivity index (χ3v) is 7.24. The maximum Gasteiger partial charge on any atom is 0.263 e. The average Bonchev–Trinajstić information content (AvgIpc) is 3.45. The van der Waals surface area contributed by atoms with Gasteiger partial charge in [0.1, 0.15) is 28.0 Å². The molecular formula is C25H20FN3O2S2. The molecule has 0 N–H and O–H groups in total. The summed E-state index contributed by atoms with van der Waals surface area (Å²) in [5.41, 5.74) is 5.03. The monoisotopic (exact) mass is 477 g/mol. The van der Waals surface area contributed by atoms with Crippen molar-refractivity contribution in [2.45, 2.75) is 27.0 Å². The van der Waals surface area contributed by atoms with Crippen LogP contribution in [0.2, 0.25) is 0 Å². The summed E-state index contributed by atoms with van der Waals surface area (Å²) in [6.45, 7) is 4.76. The van der Waals surface area contributed by atoms with Crippen LogP contribution in [0.5, 0.6) is 5.75 Å². The van der Waals surface area contributed by atoms with Crippen LogP contribution < -0.4 is 10.3 Å². The maximum atomic E-state index is 13.3. The Morgan fingerprint density at radius 3 is 2.64 bits per heavy atom. The summed E-state index contributed by atoms with van der Waals surface area (Å²) < 4.78 is 20.3. The van der Waals surface area contributed by atoms with Gasteiger partial charge in [-0.2, -0.15) is 0 Å². The Labute approximate surface area is 197 Å². The Morgan fingerprint density at radius 1 is 1.03 bits per heavy atom. The molecule has 3 heterocycles. The number of fused-ring (bicyclic) bond motifs is 1.